The fraction of sp³-hybridized carbons (Fsp3) is 1.00. The Bertz CT molecular complexity index is 317. The van der Waals surface area contributed by atoms with Crippen LogP contribution >= 0.6 is 0 Å². The van der Waals surface area contributed by atoms with Crippen LogP contribution in [0.3, 0.4) is 0 Å². The van der Waals surface area contributed by atoms with E-state index in [4.69, 9.17) is 21.5 Å². The Hall–Kier alpha value is 0.241. The number of hydrogen-bond acceptors (Lipinski definition) is 5. The van der Waals surface area contributed by atoms with E-state index in [1.807, 2.05) is 13.1 Å². The monoisotopic (exact) mass is 394 g/mol. The molecule has 11 heteroatoms. The lowest BCUT2D eigenvalue weighted by molar-refractivity contribution is -0.131. The molecule has 0 saturated carbocycles. The van der Waals surface area contributed by atoms with Crippen LogP contribution in [0.1, 0.15) is 27.2 Å². The first-order valence-electron chi connectivity index (χ1n) is 7.88. The second-order valence-corrected chi connectivity index (χ2v) is 13.8. The van der Waals surface area contributed by atoms with Gasteiger partial charge in [0, 0.05) is 26.2 Å². The van der Waals surface area contributed by atoms with Crippen molar-refractivity contribution in [2.75, 3.05) is 19.8 Å². The van der Waals surface area contributed by atoms with Gasteiger partial charge in [0.1, 0.15) is 0 Å². The maximum Gasteiger partial charge on any atom is 0.670 e. The Balaban J connectivity index is 5.31. The molecule has 0 aliphatic rings. The van der Waals surface area contributed by atoms with Crippen LogP contribution in [0, 0.1) is 0 Å². The highest BCUT2D eigenvalue weighted by atomic mass is 28.5. The van der Waals surface area contributed by atoms with Crippen molar-refractivity contribution in [3.63, 3.8) is 0 Å². The molecule has 140 valence electrons. The standard InChI is InChI=1S/C12H29F3O5Si3/c1-7-16-23(17-8-2,18-9-3)20-22(6,19-21(4)5)11-10-12(13,14)15/h21H,7-11H2,1-6H3. The summed E-state index contributed by atoms with van der Waals surface area (Å²) >= 11 is 0. The molecule has 0 fully saturated rings. The SMILES string of the molecule is CCO[Si](OCC)(OCC)O[Si](C)(CCC(F)(F)F)O[SiH](C)C. The van der Waals surface area contributed by atoms with Gasteiger partial charge in [-0.05, 0) is 46.5 Å². The quantitative estimate of drug-likeness (QED) is 0.474. The third kappa shape index (κ3) is 9.96. The van der Waals surface area contributed by atoms with Crippen LogP contribution in [0.4, 0.5) is 13.2 Å². The average Bonchev–Trinajstić information content (AvgIpc) is 2.35. The van der Waals surface area contributed by atoms with Gasteiger partial charge in [0.15, 0.2) is 9.04 Å². The van der Waals surface area contributed by atoms with Crippen LogP contribution in [0.15, 0.2) is 0 Å². The molecule has 0 saturated heterocycles. The first-order chi connectivity index (χ1) is 10.5. The molecule has 0 amide bonds. The molecule has 0 aromatic rings. The zero-order valence-corrected chi connectivity index (χ0v) is 17.9. The van der Waals surface area contributed by atoms with Crippen molar-refractivity contribution >= 4 is 26.6 Å². The maximum absolute atomic E-state index is 12.6. The molecule has 0 aliphatic carbocycles. The highest BCUT2D eigenvalue weighted by Gasteiger charge is 2.53. The summed E-state index contributed by atoms with van der Waals surface area (Å²) in [6, 6.07) is -0.205. The highest BCUT2D eigenvalue weighted by Crippen LogP contribution is 2.30. The summed E-state index contributed by atoms with van der Waals surface area (Å²) in [6.45, 7) is 11.6. The second-order valence-electron chi connectivity index (χ2n) is 5.32. The molecule has 1 atom stereocenters. The predicted octanol–water partition coefficient (Wildman–Crippen LogP) is 3.57. The smallest absolute Gasteiger partial charge is 0.439 e. The Kier molecular flexibility index (Phi) is 10.4. The number of alkyl halides is 3. The van der Waals surface area contributed by atoms with Crippen LogP contribution in [0.25, 0.3) is 0 Å². The van der Waals surface area contributed by atoms with Crippen LogP contribution < -0.4 is 0 Å². The lowest BCUT2D eigenvalue weighted by Crippen LogP contribution is -2.59. The van der Waals surface area contributed by atoms with Gasteiger partial charge in [-0.1, -0.05) is 0 Å². The van der Waals surface area contributed by atoms with Gasteiger partial charge >= 0.3 is 23.8 Å². The third-order valence-electron chi connectivity index (χ3n) is 2.65. The molecule has 0 heterocycles. The molecule has 0 spiro atoms. The van der Waals surface area contributed by atoms with Crippen molar-refractivity contribution in [3.05, 3.63) is 0 Å². The van der Waals surface area contributed by atoms with Crippen molar-refractivity contribution in [1.29, 1.82) is 0 Å². The lowest BCUT2D eigenvalue weighted by Gasteiger charge is -2.37. The topological polar surface area (TPSA) is 46.2 Å². The zero-order chi connectivity index (χ0) is 18.1. The minimum atomic E-state index is -4.26. The minimum Gasteiger partial charge on any atom is -0.439 e. The first kappa shape index (κ1) is 23.2. The molecule has 0 radical (unpaired) electrons. The number of hydrogen-bond donors (Lipinski definition) is 0. The molecule has 0 aromatic carbocycles. The van der Waals surface area contributed by atoms with Gasteiger partial charge in [-0.3, -0.25) is 0 Å². The maximum atomic E-state index is 12.6. The van der Waals surface area contributed by atoms with Crippen LogP contribution in [0.5, 0.6) is 0 Å². The average molecular weight is 395 g/mol. The van der Waals surface area contributed by atoms with E-state index in [-0.39, 0.29) is 25.9 Å². The van der Waals surface area contributed by atoms with Gasteiger partial charge in [-0.25, -0.2) is 0 Å². The minimum absolute atomic E-state index is 0.205. The highest BCUT2D eigenvalue weighted by molar-refractivity contribution is 6.80. The molecular formula is C12H29F3O5Si3. The lowest BCUT2D eigenvalue weighted by atomic mass is 10.5. The van der Waals surface area contributed by atoms with E-state index >= 15 is 0 Å². The molecule has 23 heavy (non-hydrogen) atoms. The summed E-state index contributed by atoms with van der Waals surface area (Å²) in [5.74, 6) is 0. The second kappa shape index (κ2) is 10.3. The summed E-state index contributed by atoms with van der Waals surface area (Å²) in [5, 5.41) is 0. The molecular weight excluding hydrogens is 365 g/mol. The van der Waals surface area contributed by atoms with Gasteiger partial charge in [0.05, 0.1) is 0 Å². The van der Waals surface area contributed by atoms with Gasteiger partial charge in [-0.2, -0.15) is 13.2 Å². The molecule has 1 unspecified atom stereocenters. The summed E-state index contributed by atoms with van der Waals surface area (Å²) in [4.78, 5) is 0. The van der Waals surface area contributed by atoms with E-state index in [0.29, 0.717) is 0 Å². The Morgan fingerprint density at radius 2 is 1.35 bits per heavy atom. The van der Waals surface area contributed by atoms with E-state index in [9.17, 15) is 13.2 Å². The molecule has 0 N–H and O–H groups in total. The summed E-state index contributed by atoms with van der Waals surface area (Å²) in [7, 11) is -8.25. The Morgan fingerprint density at radius 3 is 1.65 bits per heavy atom. The molecule has 0 aromatic heterocycles. The van der Waals surface area contributed by atoms with E-state index in [1.54, 1.807) is 27.3 Å². The summed E-state index contributed by atoms with van der Waals surface area (Å²) in [5.41, 5.74) is 0. The van der Waals surface area contributed by atoms with Gasteiger partial charge < -0.3 is 21.5 Å². The molecule has 5 nitrogen and oxygen atoms in total. The number of halogens is 3. The van der Waals surface area contributed by atoms with E-state index < -0.39 is 39.2 Å². The predicted molar refractivity (Wildman–Crippen MR) is 88.8 cm³/mol. The zero-order valence-electron chi connectivity index (χ0n) is 14.8. The molecule has 0 bridgehead atoms. The van der Waals surface area contributed by atoms with Crippen molar-refractivity contribution in [2.24, 2.45) is 0 Å². The van der Waals surface area contributed by atoms with Crippen molar-refractivity contribution < 1.29 is 34.7 Å². The van der Waals surface area contributed by atoms with Crippen LogP contribution in [-0.4, -0.2) is 52.6 Å². The number of rotatable bonds is 12. The van der Waals surface area contributed by atoms with E-state index in [2.05, 4.69) is 0 Å². The fourth-order valence-electron chi connectivity index (χ4n) is 2.01. The molecule has 0 rings (SSSR count). The normalized spacial score (nSPS) is 15.9. The van der Waals surface area contributed by atoms with Crippen molar-refractivity contribution in [3.8, 4) is 0 Å². The Labute approximate surface area is 140 Å². The summed E-state index contributed by atoms with van der Waals surface area (Å²) in [6.07, 6.45) is -5.21. The van der Waals surface area contributed by atoms with E-state index in [1.165, 1.54) is 0 Å². The van der Waals surface area contributed by atoms with Gasteiger partial charge in [0.25, 0.3) is 0 Å². The van der Waals surface area contributed by atoms with Crippen LogP contribution in [-0.2, 0) is 21.5 Å². The third-order valence-corrected chi connectivity index (χ3v) is 12.3. The van der Waals surface area contributed by atoms with E-state index in [0.717, 1.165) is 0 Å². The van der Waals surface area contributed by atoms with Crippen molar-refractivity contribution in [2.45, 2.75) is 59.1 Å². The van der Waals surface area contributed by atoms with Gasteiger partial charge in [-0.15, -0.1) is 0 Å². The largest absolute Gasteiger partial charge is 0.670 e. The van der Waals surface area contributed by atoms with Gasteiger partial charge in [0.2, 0.25) is 0 Å². The molecule has 0 aliphatic heterocycles. The van der Waals surface area contributed by atoms with Crippen molar-refractivity contribution in [1.82, 2.24) is 0 Å². The Morgan fingerprint density at radius 1 is 0.913 bits per heavy atom. The fourth-order valence-corrected chi connectivity index (χ4v) is 12.4. The van der Waals surface area contributed by atoms with Crippen LogP contribution in [0.2, 0.25) is 25.7 Å². The first-order valence-corrected chi connectivity index (χ1v) is 14.8. The summed E-state index contributed by atoms with van der Waals surface area (Å²) < 4.78 is 66.5.